The van der Waals surface area contributed by atoms with Gasteiger partial charge in [-0.3, -0.25) is 4.79 Å². The second kappa shape index (κ2) is 5.96. The van der Waals surface area contributed by atoms with Crippen LogP contribution >= 0.6 is 0 Å². The molecule has 1 N–H and O–H groups in total. The SMILES string of the molecule is COc1cc(C(=O)N2C[C@H](O)C[C@@H]2c2cc(F)ccc2F)on1. The first-order valence-corrected chi connectivity index (χ1v) is 6.94. The van der Waals surface area contributed by atoms with E-state index in [4.69, 9.17) is 9.26 Å². The molecule has 0 spiro atoms. The number of halogens is 2. The Balaban J connectivity index is 1.93. The fraction of sp³-hybridized carbons (Fsp3) is 0.333. The van der Waals surface area contributed by atoms with Crippen molar-refractivity contribution < 1.29 is 27.9 Å². The van der Waals surface area contributed by atoms with Gasteiger partial charge in [-0.05, 0) is 29.8 Å². The summed E-state index contributed by atoms with van der Waals surface area (Å²) in [4.78, 5) is 13.7. The number of nitrogens with zero attached hydrogens (tertiary/aromatic N) is 2. The van der Waals surface area contributed by atoms with Crippen molar-refractivity contribution >= 4 is 5.91 Å². The van der Waals surface area contributed by atoms with Crippen molar-refractivity contribution in [2.75, 3.05) is 13.7 Å². The zero-order chi connectivity index (χ0) is 16.6. The lowest BCUT2D eigenvalue weighted by atomic mass is 10.0. The Bertz CT molecular complexity index is 734. The Labute approximate surface area is 130 Å². The highest BCUT2D eigenvalue weighted by Gasteiger charge is 2.38. The van der Waals surface area contributed by atoms with Crippen LogP contribution in [0.25, 0.3) is 0 Å². The number of carbonyl (C=O) groups excluding carboxylic acids is 1. The number of aliphatic hydroxyl groups is 1. The molecule has 1 aliphatic heterocycles. The minimum Gasteiger partial charge on any atom is -0.479 e. The second-order valence-electron chi connectivity index (χ2n) is 5.26. The Morgan fingerprint density at radius 2 is 2.22 bits per heavy atom. The molecule has 3 rings (SSSR count). The maximum Gasteiger partial charge on any atom is 0.293 e. The lowest BCUT2D eigenvalue weighted by molar-refractivity contribution is 0.0671. The van der Waals surface area contributed by atoms with Crippen LogP contribution in [-0.2, 0) is 0 Å². The van der Waals surface area contributed by atoms with E-state index in [1.807, 2.05) is 0 Å². The lowest BCUT2D eigenvalue weighted by Gasteiger charge is -2.23. The fourth-order valence-electron chi connectivity index (χ4n) is 2.70. The summed E-state index contributed by atoms with van der Waals surface area (Å²) in [5.74, 6) is -1.81. The third-order valence-corrected chi connectivity index (χ3v) is 3.77. The maximum atomic E-state index is 14.0. The van der Waals surface area contributed by atoms with Gasteiger partial charge in [0.15, 0.2) is 0 Å². The van der Waals surface area contributed by atoms with Gasteiger partial charge in [0.25, 0.3) is 11.8 Å². The highest BCUT2D eigenvalue weighted by Crippen LogP contribution is 2.35. The molecule has 0 bridgehead atoms. The van der Waals surface area contributed by atoms with Crippen LogP contribution in [-0.4, -0.2) is 40.8 Å². The smallest absolute Gasteiger partial charge is 0.293 e. The molecule has 2 atom stereocenters. The van der Waals surface area contributed by atoms with E-state index < -0.39 is 29.7 Å². The molecule has 1 fully saturated rings. The van der Waals surface area contributed by atoms with Crippen molar-refractivity contribution in [2.45, 2.75) is 18.6 Å². The predicted molar refractivity (Wildman–Crippen MR) is 73.8 cm³/mol. The van der Waals surface area contributed by atoms with E-state index in [9.17, 15) is 18.7 Å². The third-order valence-electron chi connectivity index (χ3n) is 3.77. The zero-order valence-corrected chi connectivity index (χ0v) is 12.2. The Morgan fingerprint density at radius 1 is 1.43 bits per heavy atom. The van der Waals surface area contributed by atoms with Crippen LogP contribution in [0.1, 0.15) is 28.6 Å². The van der Waals surface area contributed by atoms with Gasteiger partial charge in [0, 0.05) is 12.1 Å². The van der Waals surface area contributed by atoms with Crippen molar-refractivity contribution in [3.8, 4) is 5.88 Å². The average Bonchev–Trinajstić information content (AvgIpc) is 3.15. The summed E-state index contributed by atoms with van der Waals surface area (Å²) in [6.45, 7) is -0.0114. The molecule has 1 aliphatic rings. The minimum atomic E-state index is -0.837. The summed E-state index contributed by atoms with van der Waals surface area (Å²) in [7, 11) is 1.37. The predicted octanol–water partition coefficient (Wildman–Crippen LogP) is 1.91. The highest BCUT2D eigenvalue weighted by molar-refractivity contribution is 5.92. The molecule has 2 aromatic rings. The second-order valence-corrected chi connectivity index (χ2v) is 5.26. The Kier molecular flexibility index (Phi) is 3.99. The van der Waals surface area contributed by atoms with Crippen molar-refractivity contribution in [1.82, 2.24) is 10.1 Å². The van der Waals surface area contributed by atoms with Crippen LogP contribution < -0.4 is 4.74 Å². The van der Waals surface area contributed by atoms with Gasteiger partial charge in [-0.15, -0.1) is 0 Å². The first kappa shape index (κ1) is 15.4. The van der Waals surface area contributed by atoms with Crippen molar-refractivity contribution in [3.05, 3.63) is 47.2 Å². The molecule has 122 valence electrons. The molecule has 1 saturated heterocycles. The molecular formula is C15H14F2N2O4. The lowest BCUT2D eigenvalue weighted by Crippen LogP contribution is -2.32. The molecule has 8 heteroatoms. The summed E-state index contributed by atoms with van der Waals surface area (Å²) in [6, 6.07) is 3.53. The molecule has 2 heterocycles. The molecular weight excluding hydrogens is 310 g/mol. The topological polar surface area (TPSA) is 75.8 Å². The van der Waals surface area contributed by atoms with Crippen LogP contribution in [0.4, 0.5) is 8.78 Å². The molecule has 23 heavy (non-hydrogen) atoms. The van der Waals surface area contributed by atoms with E-state index in [1.54, 1.807) is 0 Å². The standard InChI is InChI=1S/C15H14F2N2O4/c1-22-14-6-13(23-18-14)15(21)19-7-9(20)5-12(19)10-4-8(16)2-3-11(10)17/h2-4,6,9,12,20H,5,7H2,1H3/t9-,12-/m1/s1. The summed E-state index contributed by atoms with van der Waals surface area (Å²) in [6.07, 6.45) is -0.728. The van der Waals surface area contributed by atoms with Gasteiger partial charge in [-0.2, -0.15) is 0 Å². The molecule has 0 unspecified atom stereocenters. The number of aromatic nitrogens is 1. The molecule has 1 amide bonds. The van der Waals surface area contributed by atoms with E-state index in [0.717, 1.165) is 18.2 Å². The first-order chi connectivity index (χ1) is 11.0. The number of hydrogen-bond donors (Lipinski definition) is 1. The number of aliphatic hydroxyl groups excluding tert-OH is 1. The van der Waals surface area contributed by atoms with Crippen LogP contribution in [0, 0.1) is 11.6 Å². The fourth-order valence-corrected chi connectivity index (χ4v) is 2.70. The van der Waals surface area contributed by atoms with E-state index in [-0.39, 0.29) is 30.2 Å². The largest absolute Gasteiger partial charge is 0.479 e. The van der Waals surface area contributed by atoms with Gasteiger partial charge < -0.3 is 19.3 Å². The van der Waals surface area contributed by atoms with Crippen LogP contribution in [0.15, 0.2) is 28.8 Å². The van der Waals surface area contributed by atoms with E-state index >= 15 is 0 Å². The summed E-state index contributed by atoms with van der Waals surface area (Å²) in [5, 5.41) is 13.4. The van der Waals surface area contributed by atoms with E-state index in [2.05, 4.69) is 5.16 Å². The number of likely N-dealkylation sites (tertiary alicyclic amines) is 1. The minimum absolute atomic E-state index is 0.0114. The molecule has 1 aromatic carbocycles. The Hall–Kier alpha value is -2.48. The Morgan fingerprint density at radius 3 is 2.91 bits per heavy atom. The average molecular weight is 324 g/mol. The maximum absolute atomic E-state index is 14.0. The molecule has 1 aromatic heterocycles. The van der Waals surface area contributed by atoms with Gasteiger partial charge in [0.05, 0.1) is 25.3 Å². The van der Waals surface area contributed by atoms with Gasteiger partial charge in [0.1, 0.15) is 11.6 Å². The number of methoxy groups -OCH3 is 1. The van der Waals surface area contributed by atoms with Gasteiger partial charge >= 0.3 is 0 Å². The number of β-amino-alcohol motifs (C(OH)–C–C–N with tert-alkyl or cyclic N) is 1. The van der Waals surface area contributed by atoms with Crippen LogP contribution in [0.5, 0.6) is 5.88 Å². The number of rotatable bonds is 3. The van der Waals surface area contributed by atoms with E-state index in [0.29, 0.717) is 0 Å². The molecule has 0 radical (unpaired) electrons. The van der Waals surface area contributed by atoms with Crippen LogP contribution in [0.3, 0.4) is 0 Å². The first-order valence-electron chi connectivity index (χ1n) is 6.94. The van der Waals surface area contributed by atoms with Gasteiger partial charge in [-0.1, -0.05) is 0 Å². The molecule has 0 saturated carbocycles. The monoisotopic (exact) mass is 324 g/mol. The highest BCUT2D eigenvalue weighted by atomic mass is 19.1. The summed E-state index contributed by atoms with van der Waals surface area (Å²) < 4.78 is 37.2. The number of ether oxygens (including phenoxy) is 1. The van der Waals surface area contributed by atoms with Crippen molar-refractivity contribution in [1.29, 1.82) is 0 Å². The van der Waals surface area contributed by atoms with Crippen molar-refractivity contribution in [2.24, 2.45) is 0 Å². The molecule has 0 aliphatic carbocycles. The number of amides is 1. The van der Waals surface area contributed by atoms with E-state index in [1.165, 1.54) is 18.1 Å². The number of hydrogen-bond acceptors (Lipinski definition) is 5. The number of carbonyl (C=O) groups is 1. The number of benzene rings is 1. The van der Waals surface area contributed by atoms with Gasteiger partial charge in [0.2, 0.25) is 5.76 Å². The van der Waals surface area contributed by atoms with Crippen molar-refractivity contribution in [3.63, 3.8) is 0 Å². The normalized spacial score (nSPS) is 20.8. The molecule has 6 nitrogen and oxygen atoms in total. The summed E-state index contributed by atoms with van der Waals surface area (Å²) in [5.41, 5.74) is 0.0152. The van der Waals surface area contributed by atoms with Crippen LogP contribution in [0.2, 0.25) is 0 Å². The summed E-state index contributed by atoms with van der Waals surface area (Å²) >= 11 is 0. The van der Waals surface area contributed by atoms with Gasteiger partial charge in [-0.25, -0.2) is 8.78 Å². The zero-order valence-electron chi connectivity index (χ0n) is 12.2. The quantitative estimate of drug-likeness (QED) is 0.933. The third kappa shape index (κ3) is 2.89.